The van der Waals surface area contributed by atoms with Gasteiger partial charge in [-0.1, -0.05) is 18.3 Å². The molecule has 102 valence electrons. The van der Waals surface area contributed by atoms with Crippen LogP contribution in [-0.2, 0) is 6.42 Å². The number of hydrogen-bond donors (Lipinski definition) is 1. The smallest absolute Gasteiger partial charge is 0.147 e. The van der Waals surface area contributed by atoms with Gasteiger partial charge < -0.3 is 5.32 Å². The van der Waals surface area contributed by atoms with Crippen molar-refractivity contribution >= 4 is 22.4 Å². The van der Waals surface area contributed by atoms with Crippen LogP contribution in [0.15, 0.2) is 30.6 Å². The van der Waals surface area contributed by atoms with Gasteiger partial charge in [0.05, 0.1) is 11.0 Å². The first-order valence-electron chi connectivity index (χ1n) is 6.61. The average molecular weight is 285 g/mol. The van der Waals surface area contributed by atoms with Gasteiger partial charge in [-0.25, -0.2) is 0 Å². The van der Waals surface area contributed by atoms with E-state index < -0.39 is 0 Å². The minimum atomic E-state index is 0.884. The zero-order valence-corrected chi connectivity index (χ0v) is 12.0. The Balaban J connectivity index is 1.83. The number of benzene rings is 1. The zero-order valence-electron chi connectivity index (χ0n) is 11.2. The third-order valence-electron chi connectivity index (χ3n) is 2.95. The first kappa shape index (κ1) is 13.1. The van der Waals surface area contributed by atoms with Crippen molar-refractivity contribution in [3.05, 3.63) is 35.6 Å². The van der Waals surface area contributed by atoms with Crippen molar-refractivity contribution in [3.8, 4) is 10.6 Å². The number of rotatable bonds is 5. The standard InChI is InChI=1S/C14H15N5S/c1-2-15-6-5-13-18-19-14(20-13)10-3-4-11-12(9-10)17-8-7-16-11/h3-4,7-9,15H,2,5-6H2,1H3. The maximum Gasteiger partial charge on any atom is 0.147 e. The molecule has 3 rings (SSSR count). The molecule has 0 bridgehead atoms. The highest BCUT2D eigenvalue weighted by Gasteiger charge is 2.07. The molecule has 5 nitrogen and oxygen atoms in total. The van der Waals surface area contributed by atoms with Crippen LogP contribution in [0, 0.1) is 0 Å². The van der Waals surface area contributed by atoms with Crippen molar-refractivity contribution in [1.82, 2.24) is 25.5 Å². The summed E-state index contributed by atoms with van der Waals surface area (Å²) in [5.41, 5.74) is 2.83. The Bertz CT molecular complexity index is 709. The summed E-state index contributed by atoms with van der Waals surface area (Å²) < 4.78 is 0. The topological polar surface area (TPSA) is 63.6 Å². The van der Waals surface area contributed by atoms with Gasteiger partial charge in [0.15, 0.2) is 0 Å². The highest BCUT2D eigenvalue weighted by Crippen LogP contribution is 2.25. The largest absolute Gasteiger partial charge is 0.317 e. The lowest BCUT2D eigenvalue weighted by Crippen LogP contribution is -2.15. The molecular formula is C14H15N5S. The summed E-state index contributed by atoms with van der Waals surface area (Å²) in [5.74, 6) is 0. The molecule has 0 saturated heterocycles. The molecule has 1 aromatic carbocycles. The van der Waals surface area contributed by atoms with E-state index in [1.165, 1.54) is 0 Å². The van der Waals surface area contributed by atoms with Crippen molar-refractivity contribution in [2.75, 3.05) is 13.1 Å². The summed E-state index contributed by atoms with van der Waals surface area (Å²) in [6, 6.07) is 6.00. The van der Waals surface area contributed by atoms with Crippen LogP contribution in [0.2, 0.25) is 0 Å². The van der Waals surface area contributed by atoms with E-state index >= 15 is 0 Å². The lowest BCUT2D eigenvalue weighted by molar-refractivity contribution is 0.710. The van der Waals surface area contributed by atoms with Gasteiger partial charge in [-0.05, 0) is 24.7 Å². The number of hydrogen-bond acceptors (Lipinski definition) is 6. The van der Waals surface area contributed by atoms with E-state index in [0.717, 1.165) is 46.1 Å². The summed E-state index contributed by atoms with van der Waals surface area (Å²) in [6.07, 6.45) is 4.32. The molecular weight excluding hydrogens is 270 g/mol. The van der Waals surface area contributed by atoms with E-state index in [1.807, 2.05) is 18.2 Å². The van der Waals surface area contributed by atoms with Crippen molar-refractivity contribution in [3.63, 3.8) is 0 Å². The van der Waals surface area contributed by atoms with Gasteiger partial charge in [0, 0.05) is 30.9 Å². The predicted octanol–water partition coefficient (Wildman–Crippen LogP) is 2.30. The lowest BCUT2D eigenvalue weighted by atomic mass is 10.2. The van der Waals surface area contributed by atoms with E-state index in [1.54, 1.807) is 23.7 Å². The number of nitrogens with one attached hydrogen (secondary N) is 1. The highest BCUT2D eigenvalue weighted by molar-refractivity contribution is 7.14. The van der Waals surface area contributed by atoms with E-state index in [2.05, 4.69) is 32.4 Å². The monoisotopic (exact) mass is 285 g/mol. The summed E-state index contributed by atoms with van der Waals surface area (Å²) in [4.78, 5) is 8.59. The minimum absolute atomic E-state index is 0.884. The summed E-state index contributed by atoms with van der Waals surface area (Å²) in [6.45, 7) is 4.02. The Labute approximate surface area is 121 Å². The molecule has 0 aliphatic heterocycles. The lowest BCUT2D eigenvalue weighted by Gasteiger charge is -1.98. The first-order chi connectivity index (χ1) is 9.86. The molecule has 1 N–H and O–H groups in total. The molecule has 0 fully saturated rings. The van der Waals surface area contributed by atoms with Gasteiger partial charge in [-0.15, -0.1) is 10.2 Å². The molecule has 0 radical (unpaired) electrons. The molecule has 0 unspecified atom stereocenters. The maximum atomic E-state index is 4.32. The third-order valence-corrected chi connectivity index (χ3v) is 3.98. The second-order valence-electron chi connectivity index (χ2n) is 4.36. The van der Waals surface area contributed by atoms with Crippen LogP contribution in [-0.4, -0.2) is 33.3 Å². The van der Waals surface area contributed by atoms with E-state index in [9.17, 15) is 0 Å². The molecule has 0 saturated carbocycles. The molecule has 0 aliphatic carbocycles. The van der Waals surface area contributed by atoms with Crippen molar-refractivity contribution < 1.29 is 0 Å². The second-order valence-corrected chi connectivity index (χ2v) is 5.43. The van der Waals surface area contributed by atoms with Crippen molar-refractivity contribution in [1.29, 1.82) is 0 Å². The number of likely N-dealkylation sites (N-methyl/N-ethyl adjacent to an activating group) is 1. The Morgan fingerprint density at radius 3 is 2.80 bits per heavy atom. The van der Waals surface area contributed by atoms with Gasteiger partial charge >= 0.3 is 0 Å². The maximum absolute atomic E-state index is 4.32. The van der Waals surface area contributed by atoms with Gasteiger partial charge in [0.25, 0.3) is 0 Å². The first-order valence-corrected chi connectivity index (χ1v) is 7.42. The van der Waals surface area contributed by atoms with Crippen LogP contribution in [0.25, 0.3) is 21.6 Å². The fourth-order valence-electron chi connectivity index (χ4n) is 1.94. The molecule has 2 aromatic heterocycles. The highest BCUT2D eigenvalue weighted by atomic mass is 32.1. The molecule has 0 spiro atoms. The number of aromatic nitrogens is 4. The van der Waals surface area contributed by atoms with Crippen LogP contribution >= 0.6 is 11.3 Å². The zero-order chi connectivity index (χ0) is 13.8. The average Bonchev–Trinajstić information content (AvgIpc) is 2.96. The molecule has 3 aromatic rings. The molecule has 0 amide bonds. The molecule has 0 atom stereocenters. The Hall–Kier alpha value is -1.92. The summed E-state index contributed by atoms with van der Waals surface area (Å²) in [7, 11) is 0. The van der Waals surface area contributed by atoms with Crippen LogP contribution in [0.3, 0.4) is 0 Å². The molecule has 20 heavy (non-hydrogen) atoms. The fraction of sp³-hybridized carbons (Fsp3) is 0.286. The van der Waals surface area contributed by atoms with E-state index in [-0.39, 0.29) is 0 Å². The SMILES string of the molecule is CCNCCc1nnc(-c2ccc3nccnc3c2)s1. The van der Waals surface area contributed by atoms with Crippen LogP contribution < -0.4 is 5.32 Å². The quantitative estimate of drug-likeness (QED) is 0.729. The predicted molar refractivity (Wildman–Crippen MR) is 80.7 cm³/mol. The third kappa shape index (κ3) is 2.81. The van der Waals surface area contributed by atoms with E-state index in [0.29, 0.717) is 0 Å². The van der Waals surface area contributed by atoms with Gasteiger partial charge in [-0.3, -0.25) is 9.97 Å². The molecule has 0 aliphatic rings. The second kappa shape index (κ2) is 6.02. The Kier molecular flexibility index (Phi) is 3.94. The van der Waals surface area contributed by atoms with Gasteiger partial charge in [-0.2, -0.15) is 0 Å². The van der Waals surface area contributed by atoms with Crippen LogP contribution in [0.1, 0.15) is 11.9 Å². The summed E-state index contributed by atoms with van der Waals surface area (Å²) in [5, 5.41) is 13.8. The van der Waals surface area contributed by atoms with Gasteiger partial charge in [0.2, 0.25) is 0 Å². The number of fused-ring (bicyclic) bond motifs is 1. The van der Waals surface area contributed by atoms with Crippen molar-refractivity contribution in [2.45, 2.75) is 13.3 Å². The van der Waals surface area contributed by atoms with E-state index in [4.69, 9.17) is 0 Å². The van der Waals surface area contributed by atoms with Crippen LogP contribution in [0.4, 0.5) is 0 Å². The number of nitrogens with zero attached hydrogens (tertiary/aromatic N) is 4. The minimum Gasteiger partial charge on any atom is -0.317 e. The normalized spacial score (nSPS) is 11.1. The molecule has 6 heteroatoms. The summed E-state index contributed by atoms with van der Waals surface area (Å²) >= 11 is 1.63. The Morgan fingerprint density at radius 2 is 1.95 bits per heavy atom. The Morgan fingerprint density at radius 1 is 1.10 bits per heavy atom. The van der Waals surface area contributed by atoms with Gasteiger partial charge in [0.1, 0.15) is 10.0 Å². The fourth-order valence-corrected chi connectivity index (χ4v) is 2.78. The molecule has 2 heterocycles. The van der Waals surface area contributed by atoms with Crippen LogP contribution in [0.5, 0.6) is 0 Å². The van der Waals surface area contributed by atoms with Crippen molar-refractivity contribution in [2.24, 2.45) is 0 Å².